The molecule has 0 saturated heterocycles. The summed E-state index contributed by atoms with van der Waals surface area (Å²) in [4.78, 5) is 2.38. The summed E-state index contributed by atoms with van der Waals surface area (Å²) in [6.45, 7) is 11.0. The minimum absolute atomic E-state index is 0.217. The first-order valence-corrected chi connectivity index (χ1v) is 8.21. The highest BCUT2D eigenvalue weighted by atomic mass is 16.3. The van der Waals surface area contributed by atoms with E-state index in [4.69, 9.17) is 0 Å². The highest BCUT2D eigenvalue weighted by Gasteiger charge is 2.30. The topological polar surface area (TPSA) is 26.5 Å². The molecule has 0 aromatic heterocycles. The molecule has 3 heteroatoms. The second kappa shape index (κ2) is 7.08. The quantitative estimate of drug-likeness (QED) is 0.815. The van der Waals surface area contributed by atoms with Crippen LogP contribution in [0.25, 0.3) is 0 Å². The number of hydrogen-bond donors (Lipinski definition) is 1. The Labute approximate surface area is 128 Å². The van der Waals surface area contributed by atoms with E-state index in [2.05, 4.69) is 61.7 Å². The monoisotopic (exact) mass is 289 g/mol. The lowest BCUT2D eigenvalue weighted by Crippen LogP contribution is -2.34. The molecule has 116 valence electrons. The molecule has 0 aliphatic carbocycles. The fourth-order valence-electron chi connectivity index (χ4n) is 3.22. The Hall–Kier alpha value is -1.35. The first-order valence-electron chi connectivity index (χ1n) is 8.21. The van der Waals surface area contributed by atoms with Crippen LogP contribution in [0.4, 0.5) is 5.69 Å². The van der Waals surface area contributed by atoms with Crippen LogP contribution in [0.2, 0.25) is 0 Å². The van der Waals surface area contributed by atoms with Crippen LogP contribution in [0.1, 0.15) is 38.8 Å². The summed E-state index contributed by atoms with van der Waals surface area (Å²) in [6.07, 6.45) is 4.33. The maximum absolute atomic E-state index is 9.64. The second-order valence-corrected chi connectivity index (χ2v) is 6.17. The van der Waals surface area contributed by atoms with Crippen LogP contribution in [0, 0.1) is 5.92 Å². The van der Waals surface area contributed by atoms with Crippen molar-refractivity contribution in [2.45, 2.75) is 46.6 Å². The highest BCUT2D eigenvalue weighted by molar-refractivity contribution is 5.81. The summed E-state index contributed by atoms with van der Waals surface area (Å²) in [7, 11) is 0. The molecule has 1 atom stereocenters. The third-order valence-electron chi connectivity index (χ3n) is 4.52. The lowest BCUT2D eigenvalue weighted by molar-refractivity contribution is -0.563. The first kappa shape index (κ1) is 16.0. The summed E-state index contributed by atoms with van der Waals surface area (Å²) in [6, 6.07) is 6.85. The zero-order valence-electron chi connectivity index (χ0n) is 13.8. The molecule has 0 spiro atoms. The minimum atomic E-state index is 0.217. The van der Waals surface area contributed by atoms with E-state index in [1.54, 1.807) is 0 Å². The molecule has 0 fully saturated rings. The Morgan fingerprint density at radius 2 is 1.81 bits per heavy atom. The predicted molar refractivity (Wildman–Crippen MR) is 89.4 cm³/mol. The Balaban J connectivity index is 2.34. The van der Waals surface area contributed by atoms with Crippen molar-refractivity contribution in [2.75, 3.05) is 24.6 Å². The third kappa shape index (κ3) is 3.29. The number of para-hydroxylation sites is 1. The maximum atomic E-state index is 9.64. The van der Waals surface area contributed by atoms with Gasteiger partial charge in [-0.15, -0.1) is 0 Å². The molecule has 21 heavy (non-hydrogen) atoms. The summed E-state index contributed by atoms with van der Waals surface area (Å²) in [5.74, 6) is 0.457. The van der Waals surface area contributed by atoms with Gasteiger partial charge in [0.05, 0.1) is 6.61 Å². The number of aryl methyl sites for hydroxylation is 2. The molecule has 0 amide bonds. The summed E-state index contributed by atoms with van der Waals surface area (Å²) < 4.78 is 2.30. The molecule has 0 bridgehead atoms. The van der Waals surface area contributed by atoms with Crippen molar-refractivity contribution < 1.29 is 9.68 Å². The first-order chi connectivity index (χ1) is 10.1. The lowest BCUT2D eigenvalue weighted by Gasteiger charge is -2.17. The van der Waals surface area contributed by atoms with Gasteiger partial charge in [0, 0.05) is 0 Å². The molecule has 0 saturated carbocycles. The molecule has 1 aromatic carbocycles. The van der Waals surface area contributed by atoms with Gasteiger partial charge in [-0.3, -0.25) is 4.58 Å². The van der Waals surface area contributed by atoms with E-state index in [1.165, 1.54) is 16.8 Å². The van der Waals surface area contributed by atoms with Crippen LogP contribution in [-0.2, 0) is 12.8 Å². The Bertz CT molecular complexity index is 486. The van der Waals surface area contributed by atoms with Crippen molar-refractivity contribution in [3.8, 4) is 0 Å². The largest absolute Gasteiger partial charge is 0.392 e. The lowest BCUT2D eigenvalue weighted by atomic mass is 10.0. The van der Waals surface area contributed by atoms with Gasteiger partial charge < -0.3 is 5.11 Å². The van der Waals surface area contributed by atoms with Crippen LogP contribution in [0.15, 0.2) is 18.2 Å². The normalized spacial score (nSPS) is 16.5. The van der Waals surface area contributed by atoms with Crippen LogP contribution in [-0.4, -0.2) is 41.8 Å². The van der Waals surface area contributed by atoms with Crippen molar-refractivity contribution in [1.82, 2.24) is 0 Å². The van der Waals surface area contributed by atoms with Gasteiger partial charge in [-0.05, 0) is 29.9 Å². The molecule has 3 nitrogen and oxygen atoms in total. The Morgan fingerprint density at radius 3 is 2.29 bits per heavy atom. The van der Waals surface area contributed by atoms with E-state index in [-0.39, 0.29) is 12.6 Å². The van der Waals surface area contributed by atoms with E-state index < -0.39 is 0 Å². The SMILES string of the molecule is CCc1cccc(CC)c1N1C=[N+](C(CO)C(C)C)CC1. The minimum Gasteiger partial charge on any atom is -0.392 e. The molecule has 1 aliphatic rings. The average Bonchev–Trinajstić information content (AvgIpc) is 2.95. The van der Waals surface area contributed by atoms with Gasteiger partial charge in [-0.1, -0.05) is 45.9 Å². The van der Waals surface area contributed by atoms with E-state index in [1.807, 2.05) is 0 Å². The Morgan fingerprint density at radius 1 is 1.19 bits per heavy atom. The van der Waals surface area contributed by atoms with Gasteiger partial charge in [-0.2, -0.15) is 0 Å². The fraction of sp³-hybridized carbons (Fsp3) is 0.611. The smallest absolute Gasteiger partial charge is 0.239 e. The molecule has 1 aromatic rings. The molecule has 1 unspecified atom stereocenters. The third-order valence-corrected chi connectivity index (χ3v) is 4.52. The predicted octanol–water partition coefficient (Wildman–Crippen LogP) is 2.69. The van der Waals surface area contributed by atoms with Gasteiger partial charge in [0.25, 0.3) is 0 Å². The molecular formula is C18H29N2O+. The van der Waals surface area contributed by atoms with Crippen molar-refractivity contribution in [1.29, 1.82) is 0 Å². The van der Waals surface area contributed by atoms with Gasteiger partial charge in [0.15, 0.2) is 0 Å². The zero-order chi connectivity index (χ0) is 15.4. The number of hydrogen-bond acceptors (Lipinski definition) is 2. The standard InChI is InChI=1S/C18H29N2O/c1-5-15-8-7-9-16(6-2)18(15)20-11-10-19(13-20)17(12-21)14(3)4/h7-9,13-14,17,21H,5-6,10-12H2,1-4H3/q+1. The van der Waals surface area contributed by atoms with E-state index >= 15 is 0 Å². The van der Waals surface area contributed by atoms with Crippen LogP contribution >= 0.6 is 0 Å². The summed E-state index contributed by atoms with van der Waals surface area (Å²) in [5, 5.41) is 9.64. The molecule has 1 N–H and O–H groups in total. The molecule has 1 aliphatic heterocycles. The van der Waals surface area contributed by atoms with Gasteiger partial charge >= 0.3 is 0 Å². The highest BCUT2D eigenvalue weighted by Crippen LogP contribution is 2.27. The van der Waals surface area contributed by atoms with Crippen LogP contribution in [0.3, 0.4) is 0 Å². The van der Waals surface area contributed by atoms with Crippen molar-refractivity contribution in [3.63, 3.8) is 0 Å². The van der Waals surface area contributed by atoms with E-state index in [0.717, 1.165) is 25.9 Å². The van der Waals surface area contributed by atoms with Gasteiger partial charge in [-0.25, -0.2) is 4.90 Å². The van der Waals surface area contributed by atoms with Crippen LogP contribution in [0.5, 0.6) is 0 Å². The molecule has 0 radical (unpaired) electrons. The van der Waals surface area contributed by atoms with Crippen LogP contribution < -0.4 is 4.90 Å². The van der Waals surface area contributed by atoms with E-state index in [9.17, 15) is 5.11 Å². The summed E-state index contributed by atoms with van der Waals surface area (Å²) in [5.41, 5.74) is 4.21. The van der Waals surface area contributed by atoms with Gasteiger partial charge in [0.2, 0.25) is 6.34 Å². The zero-order valence-corrected chi connectivity index (χ0v) is 13.8. The van der Waals surface area contributed by atoms with Crippen molar-refractivity contribution >= 4 is 12.0 Å². The maximum Gasteiger partial charge on any atom is 0.239 e. The van der Waals surface area contributed by atoms with Crippen molar-refractivity contribution in [2.24, 2.45) is 5.92 Å². The average molecular weight is 289 g/mol. The summed E-state index contributed by atoms with van der Waals surface area (Å²) >= 11 is 0. The Kier molecular flexibility index (Phi) is 5.40. The number of anilines is 1. The fourth-order valence-corrected chi connectivity index (χ4v) is 3.22. The van der Waals surface area contributed by atoms with Gasteiger partial charge in [0.1, 0.15) is 24.8 Å². The number of rotatable bonds is 6. The van der Waals surface area contributed by atoms with Crippen molar-refractivity contribution in [3.05, 3.63) is 29.3 Å². The molecular weight excluding hydrogens is 260 g/mol. The number of benzene rings is 1. The van der Waals surface area contributed by atoms with E-state index in [0.29, 0.717) is 5.92 Å². The number of aliphatic hydroxyl groups is 1. The molecule has 1 heterocycles. The molecule has 2 rings (SSSR count). The number of aliphatic hydroxyl groups excluding tert-OH is 1. The second-order valence-electron chi connectivity index (χ2n) is 6.17. The number of nitrogens with zero attached hydrogens (tertiary/aromatic N) is 2.